The van der Waals surface area contributed by atoms with Crippen molar-refractivity contribution in [3.8, 4) is 17.0 Å². The Morgan fingerprint density at radius 2 is 1.81 bits per heavy atom. The predicted octanol–water partition coefficient (Wildman–Crippen LogP) is 5.78. The number of hydrogen-bond donors (Lipinski definition) is 2. The Morgan fingerprint density at radius 1 is 1.00 bits per heavy atom. The molecule has 0 radical (unpaired) electrons. The second-order valence-electron chi connectivity index (χ2n) is 7.32. The molecule has 0 fully saturated rings. The SMILES string of the molecule is CCCCc1cccc2c(CCCCN)c(-c3cccc(C)c3OC)[nH]c12. The fraction of sp³-hybridized carbons (Fsp3) is 0.417. The van der Waals surface area contributed by atoms with Crippen molar-refractivity contribution in [3.05, 3.63) is 53.1 Å². The van der Waals surface area contributed by atoms with Gasteiger partial charge in [0.25, 0.3) is 0 Å². The molecule has 0 aliphatic rings. The number of para-hydroxylation sites is 2. The van der Waals surface area contributed by atoms with Crippen LogP contribution in [0.25, 0.3) is 22.2 Å². The van der Waals surface area contributed by atoms with Crippen molar-refractivity contribution in [3.63, 3.8) is 0 Å². The molecule has 3 rings (SSSR count). The number of nitrogens with two attached hydrogens (primary N) is 1. The van der Waals surface area contributed by atoms with Gasteiger partial charge in [-0.05, 0) is 68.3 Å². The Balaban J connectivity index is 2.18. The lowest BCUT2D eigenvalue weighted by molar-refractivity contribution is 0.413. The van der Waals surface area contributed by atoms with Crippen LogP contribution in [0, 0.1) is 6.92 Å². The zero-order valence-corrected chi connectivity index (χ0v) is 16.9. The molecule has 0 aliphatic heterocycles. The molecule has 0 saturated carbocycles. The minimum atomic E-state index is 0.743. The molecule has 2 aromatic carbocycles. The maximum Gasteiger partial charge on any atom is 0.131 e. The molecule has 0 aliphatic carbocycles. The molecule has 3 nitrogen and oxygen atoms in total. The molecular formula is C24H32N2O. The van der Waals surface area contributed by atoms with E-state index >= 15 is 0 Å². The number of nitrogens with one attached hydrogen (secondary N) is 1. The number of hydrogen-bond acceptors (Lipinski definition) is 2. The zero-order chi connectivity index (χ0) is 19.2. The van der Waals surface area contributed by atoms with Gasteiger partial charge in [0.1, 0.15) is 5.75 Å². The number of methoxy groups -OCH3 is 1. The first kappa shape index (κ1) is 19.5. The maximum atomic E-state index is 5.76. The largest absolute Gasteiger partial charge is 0.496 e. The summed E-state index contributed by atoms with van der Waals surface area (Å²) in [4.78, 5) is 3.78. The van der Waals surface area contributed by atoms with Crippen LogP contribution < -0.4 is 10.5 Å². The van der Waals surface area contributed by atoms with Gasteiger partial charge in [-0.3, -0.25) is 0 Å². The molecule has 1 aromatic heterocycles. The van der Waals surface area contributed by atoms with E-state index in [1.165, 1.54) is 40.6 Å². The van der Waals surface area contributed by atoms with Gasteiger partial charge >= 0.3 is 0 Å². The second-order valence-corrected chi connectivity index (χ2v) is 7.32. The first-order valence-electron chi connectivity index (χ1n) is 10.2. The van der Waals surface area contributed by atoms with Gasteiger partial charge in [0, 0.05) is 16.5 Å². The van der Waals surface area contributed by atoms with Crippen molar-refractivity contribution in [1.29, 1.82) is 0 Å². The Kier molecular flexibility index (Phi) is 6.57. The van der Waals surface area contributed by atoms with Crippen LogP contribution in [0.4, 0.5) is 0 Å². The van der Waals surface area contributed by atoms with Gasteiger partial charge < -0.3 is 15.5 Å². The van der Waals surface area contributed by atoms with E-state index in [4.69, 9.17) is 10.5 Å². The van der Waals surface area contributed by atoms with Gasteiger partial charge in [-0.2, -0.15) is 0 Å². The van der Waals surface area contributed by atoms with E-state index in [9.17, 15) is 0 Å². The molecule has 3 N–H and O–H groups in total. The third-order valence-electron chi connectivity index (χ3n) is 5.39. The Morgan fingerprint density at radius 3 is 2.56 bits per heavy atom. The zero-order valence-electron chi connectivity index (χ0n) is 16.9. The number of ether oxygens (including phenoxy) is 1. The number of benzene rings is 2. The molecule has 0 spiro atoms. The van der Waals surface area contributed by atoms with Crippen molar-refractivity contribution in [2.45, 2.75) is 52.4 Å². The van der Waals surface area contributed by atoms with E-state index in [0.717, 1.165) is 49.1 Å². The lowest BCUT2D eigenvalue weighted by Crippen LogP contribution is -1.99. The monoisotopic (exact) mass is 364 g/mol. The minimum absolute atomic E-state index is 0.743. The highest BCUT2D eigenvalue weighted by Gasteiger charge is 2.18. The van der Waals surface area contributed by atoms with Crippen molar-refractivity contribution in [2.24, 2.45) is 5.73 Å². The molecule has 1 heterocycles. The van der Waals surface area contributed by atoms with Crippen molar-refractivity contribution >= 4 is 10.9 Å². The summed E-state index contributed by atoms with van der Waals surface area (Å²) in [5, 5.41) is 1.35. The molecule has 0 amide bonds. The number of fused-ring (bicyclic) bond motifs is 1. The Bertz CT molecular complexity index is 895. The van der Waals surface area contributed by atoms with Crippen LogP contribution in [0.5, 0.6) is 5.75 Å². The van der Waals surface area contributed by atoms with Crippen LogP contribution in [0.2, 0.25) is 0 Å². The molecule has 3 aromatic rings. The van der Waals surface area contributed by atoms with Crippen LogP contribution in [-0.2, 0) is 12.8 Å². The number of rotatable bonds is 9. The average Bonchev–Trinajstić information content (AvgIpc) is 3.05. The third-order valence-corrected chi connectivity index (χ3v) is 5.39. The molecule has 3 heteroatoms. The molecule has 0 saturated heterocycles. The predicted molar refractivity (Wildman–Crippen MR) is 116 cm³/mol. The van der Waals surface area contributed by atoms with E-state index in [-0.39, 0.29) is 0 Å². The van der Waals surface area contributed by atoms with Crippen LogP contribution in [0.3, 0.4) is 0 Å². The van der Waals surface area contributed by atoms with Gasteiger partial charge in [-0.25, -0.2) is 0 Å². The van der Waals surface area contributed by atoms with Crippen molar-refractivity contribution in [2.75, 3.05) is 13.7 Å². The first-order valence-corrected chi connectivity index (χ1v) is 10.2. The number of aromatic amines is 1. The Hall–Kier alpha value is -2.26. The van der Waals surface area contributed by atoms with Crippen LogP contribution >= 0.6 is 0 Å². The van der Waals surface area contributed by atoms with Crippen LogP contribution in [-0.4, -0.2) is 18.6 Å². The lowest BCUT2D eigenvalue weighted by atomic mass is 9.97. The normalized spacial score (nSPS) is 11.3. The summed E-state index contributed by atoms with van der Waals surface area (Å²) >= 11 is 0. The summed E-state index contributed by atoms with van der Waals surface area (Å²) in [5.41, 5.74) is 13.3. The van der Waals surface area contributed by atoms with Crippen LogP contribution in [0.15, 0.2) is 36.4 Å². The topological polar surface area (TPSA) is 51.0 Å². The second kappa shape index (κ2) is 9.09. The fourth-order valence-electron chi connectivity index (χ4n) is 3.97. The number of unbranched alkanes of at least 4 members (excludes halogenated alkanes) is 2. The van der Waals surface area contributed by atoms with Gasteiger partial charge in [0.05, 0.1) is 12.8 Å². The molecular weight excluding hydrogens is 332 g/mol. The minimum Gasteiger partial charge on any atom is -0.496 e. The van der Waals surface area contributed by atoms with Gasteiger partial charge in [-0.15, -0.1) is 0 Å². The fourth-order valence-corrected chi connectivity index (χ4v) is 3.97. The lowest BCUT2D eigenvalue weighted by Gasteiger charge is -2.12. The summed E-state index contributed by atoms with van der Waals surface area (Å²) in [6, 6.07) is 13.1. The van der Waals surface area contributed by atoms with E-state index in [0.29, 0.717) is 0 Å². The first-order chi connectivity index (χ1) is 13.2. The van der Waals surface area contributed by atoms with Gasteiger partial charge in [0.15, 0.2) is 0 Å². The van der Waals surface area contributed by atoms with E-state index in [1.807, 2.05) is 0 Å². The number of aromatic nitrogens is 1. The molecule has 144 valence electrons. The molecule has 27 heavy (non-hydrogen) atoms. The standard InChI is InChI=1S/C24H32N2O/c1-4-5-11-18-12-9-14-19-20(13-6-7-16-25)23(26-22(18)19)21-15-8-10-17(2)24(21)27-3/h8-10,12,14-15,26H,4-7,11,13,16,25H2,1-3H3. The maximum absolute atomic E-state index is 5.76. The van der Waals surface area contributed by atoms with Crippen molar-refractivity contribution < 1.29 is 4.74 Å². The summed E-state index contributed by atoms with van der Waals surface area (Å²) in [6.07, 6.45) is 6.71. The summed E-state index contributed by atoms with van der Waals surface area (Å²) in [6.45, 7) is 5.09. The summed E-state index contributed by atoms with van der Waals surface area (Å²) in [5.74, 6) is 0.958. The number of aryl methyl sites for hydroxylation is 3. The average molecular weight is 365 g/mol. The van der Waals surface area contributed by atoms with E-state index in [2.05, 4.69) is 55.2 Å². The molecule has 0 unspecified atom stereocenters. The quantitative estimate of drug-likeness (QED) is 0.473. The Labute approximate surface area is 162 Å². The highest BCUT2D eigenvalue weighted by atomic mass is 16.5. The highest BCUT2D eigenvalue weighted by Crippen LogP contribution is 2.39. The smallest absolute Gasteiger partial charge is 0.131 e. The van der Waals surface area contributed by atoms with Gasteiger partial charge in [-0.1, -0.05) is 43.7 Å². The van der Waals surface area contributed by atoms with E-state index in [1.54, 1.807) is 7.11 Å². The molecule has 0 atom stereocenters. The van der Waals surface area contributed by atoms with Gasteiger partial charge in [0.2, 0.25) is 0 Å². The third kappa shape index (κ3) is 4.03. The summed E-state index contributed by atoms with van der Waals surface area (Å²) < 4.78 is 5.76. The highest BCUT2D eigenvalue weighted by molar-refractivity contribution is 5.94. The molecule has 0 bridgehead atoms. The van der Waals surface area contributed by atoms with Crippen molar-refractivity contribution in [1.82, 2.24) is 4.98 Å². The van der Waals surface area contributed by atoms with E-state index < -0.39 is 0 Å². The summed E-state index contributed by atoms with van der Waals surface area (Å²) in [7, 11) is 1.76. The number of H-pyrrole nitrogens is 1. The van der Waals surface area contributed by atoms with Crippen LogP contribution in [0.1, 0.15) is 49.3 Å².